The van der Waals surface area contributed by atoms with Crippen molar-refractivity contribution in [1.29, 1.82) is 0 Å². The molecule has 110 valence electrons. The summed E-state index contributed by atoms with van der Waals surface area (Å²) in [7, 11) is 0. The average molecular weight is 272 g/mol. The van der Waals surface area contributed by atoms with E-state index >= 15 is 0 Å². The second-order valence-electron chi connectivity index (χ2n) is 7.00. The monoisotopic (exact) mass is 272 g/mol. The molecule has 2 unspecified atom stereocenters. The van der Waals surface area contributed by atoms with E-state index in [0.29, 0.717) is 6.04 Å². The fraction of sp³-hybridized carbons (Fsp3) is 0.667. The molecule has 0 heterocycles. The van der Waals surface area contributed by atoms with Crippen molar-refractivity contribution in [2.24, 2.45) is 17.6 Å². The van der Waals surface area contributed by atoms with Gasteiger partial charge in [0.2, 0.25) is 0 Å². The number of aryl methyl sites for hydroxylation is 1. The Kier molecular flexibility index (Phi) is 4.13. The quantitative estimate of drug-likeness (QED) is 0.823. The molecule has 1 aromatic rings. The number of hydrogen-bond acceptors (Lipinski definition) is 2. The normalized spacial score (nSPS) is 22.0. The van der Waals surface area contributed by atoms with Crippen LogP contribution in [0, 0.1) is 18.8 Å². The van der Waals surface area contributed by atoms with Gasteiger partial charge < -0.3 is 5.73 Å². The van der Waals surface area contributed by atoms with Gasteiger partial charge in [-0.15, -0.1) is 0 Å². The van der Waals surface area contributed by atoms with Crippen LogP contribution in [0.25, 0.3) is 0 Å². The molecule has 0 amide bonds. The molecule has 2 aliphatic rings. The number of benzene rings is 1. The third kappa shape index (κ3) is 3.42. The van der Waals surface area contributed by atoms with Gasteiger partial charge in [-0.1, -0.05) is 24.3 Å². The molecule has 2 fully saturated rings. The Labute approximate surface area is 123 Å². The van der Waals surface area contributed by atoms with Crippen molar-refractivity contribution < 1.29 is 0 Å². The lowest BCUT2D eigenvalue weighted by atomic mass is 9.94. The number of nitrogens with zero attached hydrogens (tertiary/aromatic N) is 1. The number of rotatable bonds is 7. The van der Waals surface area contributed by atoms with Crippen LogP contribution in [0.2, 0.25) is 0 Å². The fourth-order valence-electron chi connectivity index (χ4n) is 3.30. The summed E-state index contributed by atoms with van der Waals surface area (Å²) in [5, 5.41) is 0. The molecule has 20 heavy (non-hydrogen) atoms. The zero-order chi connectivity index (χ0) is 14.1. The first-order chi connectivity index (χ1) is 9.65. The van der Waals surface area contributed by atoms with Crippen LogP contribution in [-0.2, 0) is 0 Å². The molecule has 2 saturated carbocycles. The molecule has 0 aliphatic heterocycles. The van der Waals surface area contributed by atoms with Gasteiger partial charge in [-0.2, -0.15) is 0 Å². The Morgan fingerprint density at radius 3 is 2.10 bits per heavy atom. The molecular formula is C18H28N2. The predicted octanol–water partition coefficient (Wildman–Crippen LogP) is 3.51. The molecule has 0 bridgehead atoms. The maximum atomic E-state index is 6.39. The maximum absolute atomic E-state index is 6.39. The van der Waals surface area contributed by atoms with E-state index in [1.165, 1.54) is 49.9 Å². The molecule has 0 spiro atoms. The number of hydrogen-bond donors (Lipinski definition) is 1. The summed E-state index contributed by atoms with van der Waals surface area (Å²) in [6.45, 7) is 6.88. The zero-order valence-corrected chi connectivity index (χ0v) is 12.9. The zero-order valence-electron chi connectivity index (χ0n) is 12.9. The topological polar surface area (TPSA) is 29.3 Å². The van der Waals surface area contributed by atoms with Crippen molar-refractivity contribution >= 4 is 0 Å². The van der Waals surface area contributed by atoms with Gasteiger partial charge in [-0.3, -0.25) is 4.90 Å². The van der Waals surface area contributed by atoms with E-state index in [0.717, 1.165) is 11.8 Å². The summed E-state index contributed by atoms with van der Waals surface area (Å²) in [4.78, 5) is 2.70. The summed E-state index contributed by atoms with van der Waals surface area (Å²) >= 11 is 0. The van der Waals surface area contributed by atoms with Gasteiger partial charge in [0.25, 0.3) is 0 Å². The first-order valence-corrected chi connectivity index (χ1v) is 8.20. The molecule has 2 nitrogen and oxygen atoms in total. The van der Waals surface area contributed by atoms with Crippen LogP contribution in [0.4, 0.5) is 0 Å². The van der Waals surface area contributed by atoms with Crippen LogP contribution < -0.4 is 5.73 Å². The Morgan fingerprint density at radius 2 is 1.65 bits per heavy atom. The summed E-state index contributed by atoms with van der Waals surface area (Å²) in [6, 6.07) is 9.35. The third-order valence-electron chi connectivity index (χ3n) is 4.78. The summed E-state index contributed by atoms with van der Waals surface area (Å²) in [5.41, 5.74) is 9.20. The third-order valence-corrected chi connectivity index (χ3v) is 4.78. The van der Waals surface area contributed by atoms with Gasteiger partial charge in [0.1, 0.15) is 0 Å². The van der Waals surface area contributed by atoms with Gasteiger partial charge in [0, 0.05) is 25.2 Å². The van der Waals surface area contributed by atoms with Gasteiger partial charge in [-0.25, -0.2) is 0 Å². The summed E-state index contributed by atoms with van der Waals surface area (Å²) < 4.78 is 0. The van der Waals surface area contributed by atoms with Crippen LogP contribution in [0.15, 0.2) is 24.3 Å². The summed E-state index contributed by atoms with van der Waals surface area (Å²) in [6.07, 6.45) is 5.67. The minimum Gasteiger partial charge on any atom is -0.326 e. The molecular weight excluding hydrogens is 244 g/mol. The van der Waals surface area contributed by atoms with E-state index in [2.05, 4.69) is 43.0 Å². The average Bonchev–Trinajstić information content (AvgIpc) is 3.27. The smallest absolute Gasteiger partial charge is 0.0499 e. The standard InChI is InChI=1S/C18H28N2/c1-13-5-3-4-6-17(13)18(14(2)19)20(11-15-7-8-15)12-16-9-10-16/h3-6,14-16,18H,7-12,19H2,1-2H3. The van der Waals surface area contributed by atoms with Crippen LogP contribution >= 0.6 is 0 Å². The lowest BCUT2D eigenvalue weighted by Gasteiger charge is -2.36. The van der Waals surface area contributed by atoms with Crippen LogP contribution in [0.3, 0.4) is 0 Å². The minimum atomic E-state index is 0.189. The van der Waals surface area contributed by atoms with Crippen molar-refractivity contribution in [3.05, 3.63) is 35.4 Å². The van der Waals surface area contributed by atoms with Gasteiger partial charge in [0.15, 0.2) is 0 Å². The highest BCUT2D eigenvalue weighted by atomic mass is 15.2. The van der Waals surface area contributed by atoms with Crippen molar-refractivity contribution in [1.82, 2.24) is 4.90 Å². The second-order valence-corrected chi connectivity index (χ2v) is 7.00. The molecule has 3 rings (SSSR count). The minimum absolute atomic E-state index is 0.189. The SMILES string of the molecule is Cc1ccccc1C(C(C)N)N(CC1CC1)CC1CC1. The predicted molar refractivity (Wildman–Crippen MR) is 84.6 cm³/mol. The van der Waals surface area contributed by atoms with Gasteiger partial charge in [-0.05, 0) is 62.5 Å². The van der Waals surface area contributed by atoms with E-state index in [-0.39, 0.29) is 6.04 Å². The molecule has 0 radical (unpaired) electrons. The van der Waals surface area contributed by atoms with Crippen LogP contribution in [0.5, 0.6) is 0 Å². The van der Waals surface area contributed by atoms with Gasteiger partial charge >= 0.3 is 0 Å². The van der Waals surface area contributed by atoms with Gasteiger partial charge in [0.05, 0.1) is 0 Å². The van der Waals surface area contributed by atoms with Crippen molar-refractivity contribution in [2.45, 2.75) is 51.6 Å². The van der Waals surface area contributed by atoms with E-state index in [4.69, 9.17) is 5.73 Å². The van der Waals surface area contributed by atoms with Crippen molar-refractivity contribution in [3.63, 3.8) is 0 Å². The highest BCUT2D eigenvalue weighted by Gasteiger charge is 2.34. The largest absolute Gasteiger partial charge is 0.326 e. The molecule has 0 saturated heterocycles. The highest BCUT2D eigenvalue weighted by Crippen LogP contribution is 2.38. The second kappa shape index (κ2) is 5.87. The van der Waals surface area contributed by atoms with E-state index < -0.39 is 0 Å². The van der Waals surface area contributed by atoms with Crippen LogP contribution in [0.1, 0.15) is 49.8 Å². The van der Waals surface area contributed by atoms with E-state index in [9.17, 15) is 0 Å². The molecule has 2 aliphatic carbocycles. The fourth-order valence-corrected chi connectivity index (χ4v) is 3.30. The molecule has 2 N–H and O–H groups in total. The number of nitrogens with two attached hydrogens (primary N) is 1. The van der Waals surface area contributed by atoms with E-state index in [1.54, 1.807) is 0 Å². The lowest BCUT2D eigenvalue weighted by molar-refractivity contribution is 0.161. The first kappa shape index (κ1) is 14.1. The molecule has 0 aromatic heterocycles. The Balaban J connectivity index is 1.83. The maximum Gasteiger partial charge on any atom is 0.0499 e. The Morgan fingerprint density at radius 1 is 1.10 bits per heavy atom. The molecule has 2 atom stereocenters. The molecule has 2 heteroatoms. The van der Waals surface area contributed by atoms with Crippen molar-refractivity contribution in [3.8, 4) is 0 Å². The van der Waals surface area contributed by atoms with E-state index in [1.807, 2.05) is 0 Å². The molecule has 1 aromatic carbocycles. The Hall–Kier alpha value is -0.860. The lowest BCUT2D eigenvalue weighted by Crippen LogP contribution is -2.42. The highest BCUT2D eigenvalue weighted by molar-refractivity contribution is 5.30. The summed E-state index contributed by atoms with van der Waals surface area (Å²) in [5.74, 6) is 1.86. The first-order valence-electron chi connectivity index (χ1n) is 8.20. The van der Waals surface area contributed by atoms with Crippen molar-refractivity contribution in [2.75, 3.05) is 13.1 Å². The Bertz CT molecular complexity index is 432. The van der Waals surface area contributed by atoms with Crippen LogP contribution in [-0.4, -0.2) is 24.0 Å².